The van der Waals surface area contributed by atoms with Gasteiger partial charge < -0.3 is 15.4 Å². The number of ether oxygens (including phenoxy) is 1. The van der Waals surface area contributed by atoms with E-state index >= 15 is 0 Å². The molecule has 1 aliphatic rings. The van der Waals surface area contributed by atoms with Gasteiger partial charge in [0.25, 0.3) is 0 Å². The van der Waals surface area contributed by atoms with Crippen molar-refractivity contribution in [1.29, 1.82) is 0 Å². The van der Waals surface area contributed by atoms with Crippen molar-refractivity contribution in [1.82, 2.24) is 0 Å². The van der Waals surface area contributed by atoms with Crippen molar-refractivity contribution in [2.24, 2.45) is 4.99 Å². The number of hydrogen-bond donors (Lipinski definition) is 2. The first-order valence-electron chi connectivity index (χ1n) is 8.69. The molecule has 0 aromatic heterocycles. The van der Waals surface area contributed by atoms with Gasteiger partial charge in [0.1, 0.15) is 29.8 Å². The predicted octanol–water partition coefficient (Wildman–Crippen LogP) is 5.88. The number of aliphatic imine (C=N–C) groups is 1. The second-order valence-corrected chi connectivity index (χ2v) is 6.31. The van der Waals surface area contributed by atoms with Gasteiger partial charge in [-0.15, -0.1) is 0 Å². The number of alkyl halides is 3. The fourth-order valence-electron chi connectivity index (χ4n) is 2.86. The molecule has 29 heavy (non-hydrogen) atoms. The smallest absolute Gasteiger partial charge is 0.416 e. The summed E-state index contributed by atoms with van der Waals surface area (Å²) in [5, 5.41) is 6.19. The van der Waals surface area contributed by atoms with Crippen molar-refractivity contribution in [3.05, 3.63) is 83.7 Å². The zero-order valence-corrected chi connectivity index (χ0v) is 14.9. The molecule has 148 valence electrons. The van der Waals surface area contributed by atoms with E-state index in [4.69, 9.17) is 4.74 Å². The van der Waals surface area contributed by atoms with Gasteiger partial charge in [-0.25, -0.2) is 9.38 Å². The van der Waals surface area contributed by atoms with Gasteiger partial charge >= 0.3 is 6.18 Å². The van der Waals surface area contributed by atoms with Gasteiger partial charge in [0.15, 0.2) is 0 Å². The zero-order chi connectivity index (χ0) is 20.4. The third kappa shape index (κ3) is 4.31. The number of hydrogen-bond acceptors (Lipinski definition) is 4. The lowest BCUT2D eigenvalue weighted by atomic mass is 10.1. The van der Waals surface area contributed by atoms with Crippen LogP contribution in [0.25, 0.3) is 0 Å². The van der Waals surface area contributed by atoms with E-state index in [0.29, 0.717) is 29.7 Å². The summed E-state index contributed by atoms with van der Waals surface area (Å²) in [7, 11) is 0. The van der Waals surface area contributed by atoms with Crippen LogP contribution >= 0.6 is 0 Å². The summed E-state index contributed by atoms with van der Waals surface area (Å²) in [5.41, 5.74) is 1.42. The lowest BCUT2D eigenvalue weighted by Crippen LogP contribution is -2.22. The lowest BCUT2D eigenvalue weighted by Gasteiger charge is -2.19. The van der Waals surface area contributed by atoms with E-state index in [1.165, 1.54) is 24.3 Å². The van der Waals surface area contributed by atoms with E-state index in [1.807, 2.05) is 0 Å². The number of nitrogens with one attached hydrogen (secondary N) is 2. The van der Waals surface area contributed by atoms with Crippen LogP contribution in [0.4, 0.5) is 28.9 Å². The molecule has 8 heteroatoms. The summed E-state index contributed by atoms with van der Waals surface area (Å²) in [5.74, 6) is 1.06. The maximum atomic E-state index is 13.4. The Balaban J connectivity index is 1.44. The number of benzene rings is 3. The van der Waals surface area contributed by atoms with E-state index in [1.54, 1.807) is 30.3 Å². The van der Waals surface area contributed by atoms with Crippen LogP contribution < -0.4 is 15.4 Å². The van der Waals surface area contributed by atoms with Crippen LogP contribution in [0, 0.1) is 5.82 Å². The second kappa shape index (κ2) is 7.46. The van der Waals surface area contributed by atoms with Crippen LogP contribution in [-0.2, 0) is 6.18 Å². The molecule has 4 nitrogen and oxygen atoms in total. The minimum absolute atomic E-state index is 0.303. The predicted molar refractivity (Wildman–Crippen MR) is 103 cm³/mol. The van der Waals surface area contributed by atoms with Gasteiger partial charge in [0.05, 0.1) is 5.56 Å². The zero-order valence-electron chi connectivity index (χ0n) is 14.9. The van der Waals surface area contributed by atoms with Crippen LogP contribution in [-0.4, -0.2) is 12.5 Å². The number of rotatable bonds is 3. The average Bonchev–Trinajstić information content (AvgIpc) is 2.69. The molecule has 2 N–H and O–H groups in total. The quantitative estimate of drug-likeness (QED) is 0.539. The Kier molecular flexibility index (Phi) is 4.84. The normalized spacial score (nSPS) is 13.2. The Hall–Kier alpha value is -3.55. The molecule has 1 heterocycles. The Bertz CT molecular complexity index is 1050. The van der Waals surface area contributed by atoms with E-state index in [9.17, 15) is 17.6 Å². The molecule has 0 amide bonds. The van der Waals surface area contributed by atoms with Crippen LogP contribution in [0.15, 0.2) is 71.7 Å². The van der Waals surface area contributed by atoms with E-state index in [0.717, 1.165) is 23.4 Å². The summed E-state index contributed by atoms with van der Waals surface area (Å²) in [6.07, 6.45) is -4.38. The molecule has 3 aromatic carbocycles. The summed E-state index contributed by atoms with van der Waals surface area (Å²) < 4.78 is 56.8. The fraction of sp³-hybridized carbons (Fsp3) is 0.0952. The number of amidine groups is 1. The molecule has 0 atom stereocenters. The molecule has 0 fully saturated rings. The van der Waals surface area contributed by atoms with Crippen molar-refractivity contribution in [3.63, 3.8) is 0 Å². The highest BCUT2D eigenvalue weighted by atomic mass is 19.4. The van der Waals surface area contributed by atoms with Gasteiger partial charge in [-0.3, -0.25) is 0 Å². The Labute approximate surface area is 163 Å². The third-order valence-electron chi connectivity index (χ3n) is 4.28. The first kappa shape index (κ1) is 18.8. The average molecular weight is 401 g/mol. The monoisotopic (exact) mass is 401 g/mol. The molecule has 0 spiro atoms. The number of fused-ring (bicyclic) bond motifs is 1. The third-order valence-corrected chi connectivity index (χ3v) is 4.28. The van der Waals surface area contributed by atoms with Gasteiger partial charge in [-0.05, 0) is 66.7 Å². The van der Waals surface area contributed by atoms with E-state index in [-0.39, 0.29) is 5.82 Å². The van der Waals surface area contributed by atoms with E-state index < -0.39 is 11.7 Å². The van der Waals surface area contributed by atoms with Gasteiger partial charge in [0.2, 0.25) is 0 Å². The van der Waals surface area contributed by atoms with E-state index in [2.05, 4.69) is 15.6 Å². The number of nitrogens with zero attached hydrogens (tertiary/aromatic N) is 1. The Morgan fingerprint density at radius 1 is 0.897 bits per heavy atom. The molecule has 3 aromatic rings. The highest BCUT2D eigenvalue weighted by Gasteiger charge is 2.30. The van der Waals surface area contributed by atoms with Crippen molar-refractivity contribution in [3.8, 4) is 11.5 Å². The largest absolute Gasteiger partial charge is 0.457 e. The Morgan fingerprint density at radius 2 is 1.55 bits per heavy atom. The van der Waals surface area contributed by atoms with Crippen molar-refractivity contribution >= 4 is 17.2 Å². The molecule has 0 bridgehead atoms. The van der Waals surface area contributed by atoms with Crippen molar-refractivity contribution < 1.29 is 22.3 Å². The Morgan fingerprint density at radius 3 is 2.21 bits per heavy atom. The first-order valence-corrected chi connectivity index (χ1v) is 8.69. The fourth-order valence-corrected chi connectivity index (χ4v) is 2.86. The van der Waals surface area contributed by atoms with Gasteiger partial charge in [0, 0.05) is 16.9 Å². The molecule has 0 radical (unpaired) electrons. The number of halogens is 4. The maximum absolute atomic E-state index is 13.4. The van der Waals surface area contributed by atoms with Crippen LogP contribution in [0.1, 0.15) is 11.1 Å². The topological polar surface area (TPSA) is 45.7 Å². The number of anilines is 2. The molecular formula is C21H15F4N3O. The standard InChI is InChI=1S/C21H15F4N3O/c22-14-3-10-18-19(11-14)26-12-27-20(18)28-15-4-8-17(9-5-15)29-16-6-1-13(2-7-16)21(23,24)25/h1-11,26H,12H2,(H,27,28). The molecule has 0 saturated carbocycles. The highest BCUT2D eigenvalue weighted by Crippen LogP contribution is 2.31. The molecule has 0 aliphatic carbocycles. The summed E-state index contributed by atoms with van der Waals surface area (Å²) >= 11 is 0. The van der Waals surface area contributed by atoms with Crippen molar-refractivity contribution in [2.75, 3.05) is 17.3 Å². The summed E-state index contributed by atoms with van der Waals surface area (Å²) in [6.45, 7) is 0.327. The van der Waals surface area contributed by atoms with Gasteiger partial charge in [-0.2, -0.15) is 13.2 Å². The van der Waals surface area contributed by atoms with Gasteiger partial charge in [-0.1, -0.05) is 0 Å². The maximum Gasteiger partial charge on any atom is 0.416 e. The van der Waals surface area contributed by atoms with Crippen LogP contribution in [0.3, 0.4) is 0 Å². The first-order chi connectivity index (χ1) is 13.9. The highest BCUT2D eigenvalue weighted by molar-refractivity contribution is 6.12. The molecule has 1 aliphatic heterocycles. The molecule has 4 rings (SSSR count). The summed E-state index contributed by atoms with van der Waals surface area (Å²) in [6, 6.07) is 15.8. The minimum Gasteiger partial charge on any atom is -0.457 e. The second-order valence-electron chi connectivity index (χ2n) is 6.31. The van der Waals surface area contributed by atoms with Crippen molar-refractivity contribution in [2.45, 2.75) is 6.18 Å². The molecular weight excluding hydrogens is 386 g/mol. The molecule has 0 unspecified atom stereocenters. The SMILES string of the molecule is Fc1ccc2c(c1)NCN=C2Nc1ccc(Oc2ccc(C(F)(F)F)cc2)cc1. The van der Waals surface area contributed by atoms with Crippen LogP contribution in [0.5, 0.6) is 11.5 Å². The molecule has 0 saturated heterocycles. The lowest BCUT2D eigenvalue weighted by molar-refractivity contribution is -0.137. The van der Waals surface area contributed by atoms with Crippen LogP contribution in [0.2, 0.25) is 0 Å². The summed E-state index contributed by atoms with van der Waals surface area (Å²) in [4.78, 5) is 4.36. The minimum atomic E-state index is -4.38.